The summed E-state index contributed by atoms with van der Waals surface area (Å²) in [4.78, 5) is 73.1. The monoisotopic (exact) mass is 1510 g/mol. The van der Waals surface area contributed by atoms with Crippen LogP contribution in [0.2, 0.25) is 0 Å². The molecule has 0 aromatic heterocycles. The van der Waals surface area contributed by atoms with Crippen LogP contribution in [0.25, 0.3) is 0 Å². The van der Waals surface area contributed by atoms with Gasteiger partial charge in [0.25, 0.3) is 0 Å². The largest absolute Gasteiger partial charge is 0.472 e. The molecule has 0 radical (unpaired) electrons. The Labute approximate surface area is 632 Å². The lowest BCUT2D eigenvalue weighted by atomic mass is 10.0. The van der Waals surface area contributed by atoms with Gasteiger partial charge in [-0.05, 0) is 49.4 Å². The second-order valence-electron chi connectivity index (χ2n) is 32.1. The van der Waals surface area contributed by atoms with Crippen molar-refractivity contribution in [3.05, 3.63) is 0 Å². The van der Waals surface area contributed by atoms with Crippen molar-refractivity contribution < 1.29 is 80.2 Å². The number of phosphoric ester groups is 2. The molecule has 0 rings (SSSR count). The summed E-state index contributed by atoms with van der Waals surface area (Å²) in [6, 6.07) is 0. The first-order chi connectivity index (χ1) is 49.6. The second kappa shape index (κ2) is 72.9. The number of carbonyl (C=O) groups excluding carboxylic acids is 4. The van der Waals surface area contributed by atoms with Crippen molar-refractivity contribution in [1.82, 2.24) is 0 Å². The summed E-state index contributed by atoms with van der Waals surface area (Å²) in [6.45, 7) is 14.3. The van der Waals surface area contributed by atoms with Crippen LogP contribution in [0.1, 0.15) is 434 Å². The average molecular weight is 1510 g/mol. The molecule has 0 amide bonds. The van der Waals surface area contributed by atoms with Crippen LogP contribution < -0.4 is 0 Å². The van der Waals surface area contributed by atoms with Crippen LogP contribution in [0, 0.1) is 23.7 Å². The molecule has 19 heteroatoms. The van der Waals surface area contributed by atoms with E-state index in [1.54, 1.807) is 0 Å². The summed E-state index contributed by atoms with van der Waals surface area (Å²) in [5.74, 6) is 0.979. The molecule has 0 aliphatic rings. The van der Waals surface area contributed by atoms with E-state index in [1.165, 1.54) is 231 Å². The van der Waals surface area contributed by atoms with Gasteiger partial charge in [0.1, 0.15) is 19.3 Å². The van der Waals surface area contributed by atoms with E-state index >= 15 is 0 Å². The Kier molecular flexibility index (Phi) is 71.5. The Morgan fingerprint density at radius 3 is 0.602 bits per heavy atom. The minimum absolute atomic E-state index is 0.107. The summed E-state index contributed by atoms with van der Waals surface area (Å²) in [5.41, 5.74) is 0. The van der Waals surface area contributed by atoms with Gasteiger partial charge < -0.3 is 33.8 Å². The zero-order valence-electron chi connectivity index (χ0n) is 68.0. The van der Waals surface area contributed by atoms with Gasteiger partial charge in [-0.15, -0.1) is 0 Å². The van der Waals surface area contributed by atoms with Crippen LogP contribution >= 0.6 is 15.6 Å². The third kappa shape index (κ3) is 78.0. The molecule has 0 heterocycles. The molecule has 5 atom stereocenters. The fourth-order valence-corrected chi connectivity index (χ4v) is 14.5. The maximum atomic E-state index is 13.1. The van der Waals surface area contributed by atoms with E-state index in [2.05, 4.69) is 55.4 Å². The molecule has 612 valence electrons. The fourth-order valence-electron chi connectivity index (χ4n) is 13.0. The highest BCUT2D eigenvalue weighted by Crippen LogP contribution is 2.45. The quantitative estimate of drug-likeness (QED) is 0.0222. The van der Waals surface area contributed by atoms with Gasteiger partial charge in [0.15, 0.2) is 12.2 Å². The highest BCUT2D eigenvalue weighted by molar-refractivity contribution is 7.47. The Hall–Kier alpha value is -1.94. The first-order valence-electron chi connectivity index (χ1n) is 43.2. The molecule has 0 bridgehead atoms. The molecular formula is C84H164O17P2. The summed E-state index contributed by atoms with van der Waals surface area (Å²) < 4.78 is 68.8. The van der Waals surface area contributed by atoms with E-state index in [0.29, 0.717) is 31.6 Å². The number of rotatable bonds is 81. The average Bonchev–Trinajstić information content (AvgIpc) is 1.04. The number of hydrogen-bond donors (Lipinski definition) is 3. The molecule has 0 saturated carbocycles. The number of phosphoric acid groups is 2. The molecule has 0 aliphatic heterocycles. The molecule has 0 spiro atoms. The van der Waals surface area contributed by atoms with Gasteiger partial charge in [0.05, 0.1) is 26.4 Å². The van der Waals surface area contributed by atoms with E-state index in [1.807, 2.05) is 0 Å². The lowest BCUT2D eigenvalue weighted by Crippen LogP contribution is -2.30. The number of aliphatic hydroxyl groups excluding tert-OH is 1. The van der Waals surface area contributed by atoms with Crippen LogP contribution in [-0.4, -0.2) is 96.7 Å². The van der Waals surface area contributed by atoms with Gasteiger partial charge in [0.2, 0.25) is 0 Å². The van der Waals surface area contributed by atoms with E-state index in [9.17, 15) is 43.2 Å². The van der Waals surface area contributed by atoms with Crippen molar-refractivity contribution in [3.63, 3.8) is 0 Å². The van der Waals surface area contributed by atoms with Crippen molar-refractivity contribution >= 4 is 39.5 Å². The summed E-state index contributed by atoms with van der Waals surface area (Å²) in [5, 5.41) is 10.7. The van der Waals surface area contributed by atoms with Crippen LogP contribution in [0.15, 0.2) is 0 Å². The molecule has 0 aromatic rings. The van der Waals surface area contributed by atoms with Crippen molar-refractivity contribution in [2.24, 2.45) is 23.7 Å². The molecule has 3 unspecified atom stereocenters. The highest BCUT2D eigenvalue weighted by atomic mass is 31.2. The number of aliphatic hydroxyl groups is 1. The summed E-state index contributed by atoms with van der Waals surface area (Å²) in [7, 11) is -9.93. The Balaban J connectivity index is 5.22. The molecule has 3 N–H and O–H groups in total. The summed E-state index contributed by atoms with van der Waals surface area (Å²) >= 11 is 0. The molecule has 17 nitrogen and oxygen atoms in total. The zero-order valence-corrected chi connectivity index (χ0v) is 69.7. The standard InChI is InChI=1S/C84H164O17P2/c1-74(2)60-52-44-36-30-24-18-12-9-10-14-22-28-34-40-50-58-67-84(89)101-80(71-95-82(87)65-57-49-43-42-47-55-63-77(7)8)73-99-103(92,93)97-69-78(85)68-96-102(90,91)98-72-79(70-94-81(86)64-56-48-39-33-27-21-17-16-20-26-32-38-46-54-62-76(5)6)100-83(88)66-59-51-41-35-29-23-15-11-13-19-25-31-37-45-53-61-75(3)4/h74-80,85H,9-73H2,1-8H3,(H,90,91)(H,92,93)/t78?,79-,80-/m1/s1. The van der Waals surface area contributed by atoms with Crippen molar-refractivity contribution in [3.8, 4) is 0 Å². The molecule has 103 heavy (non-hydrogen) atoms. The third-order valence-corrected chi connectivity index (χ3v) is 21.5. The number of hydrogen-bond acceptors (Lipinski definition) is 15. The van der Waals surface area contributed by atoms with Gasteiger partial charge in [-0.3, -0.25) is 37.3 Å². The van der Waals surface area contributed by atoms with Gasteiger partial charge in [-0.1, -0.05) is 383 Å². The first kappa shape index (κ1) is 101. The maximum Gasteiger partial charge on any atom is 0.472 e. The maximum absolute atomic E-state index is 13.1. The van der Waals surface area contributed by atoms with Gasteiger partial charge in [0, 0.05) is 25.7 Å². The third-order valence-electron chi connectivity index (χ3n) is 19.6. The van der Waals surface area contributed by atoms with Gasteiger partial charge in [-0.25, -0.2) is 9.13 Å². The Bertz CT molecular complexity index is 2010. The van der Waals surface area contributed by atoms with Crippen molar-refractivity contribution in [2.75, 3.05) is 39.6 Å². The zero-order chi connectivity index (χ0) is 76.0. The smallest absolute Gasteiger partial charge is 0.462 e. The molecule has 0 aliphatic carbocycles. The van der Waals surface area contributed by atoms with Crippen LogP contribution in [-0.2, 0) is 65.4 Å². The van der Waals surface area contributed by atoms with Gasteiger partial charge >= 0.3 is 39.5 Å². The van der Waals surface area contributed by atoms with Crippen LogP contribution in [0.5, 0.6) is 0 Å². The number of esters is 4. The molecule has 0 fully saturated rings. The predicted octanol–water partition coefficient (Wildman–Crippen LogP) is 25.2. The summed E-state index contributed by atoms with van der Waals surface area (Å²) in [6.07, 6.45) is 61.2. The number of ether oxygens (including phenoxy) is 4. The normalized spacial score (nSPS) is 14.0. The van der Waals surface area contributed by atoms with E-state index in [-0.39, 0.29) is 25.7 Å². The number of unbranched alkanes of at least 4 members (excludes halogenated alkanes) is 47. The SMILES string of the molecule is CC(C)CCCCCCCCCCCCCCCCCCC(=O)O[C@H](COC(=O)CCCCCCCCC(C)C)COP(=O)(O)OCC(O)COP(=O)(O)OC[C@@H](COC(=O)CCCCCCCCCCCCCCCCC(C)C)OC(=O)CCCCCCCCCCCCCCCCCC(C)C. The molecular weight excluding hydrogens is 1340 g/mol. The fraction of sp³-hybridized carbons (Fsp3) is 0.952. The Morgan fingerprint density at radius 2 is 0.408 bits per heavy atom. The molecule has 0 saturated heterocycles. The van der Waals surface area contributed by atoms with Crippen LogP contribution in [0.3, 0.4) is 0 Å². The van der Waals surface area contributed by atoms with E-state index < -0.39 is 97.5 Å². The first-order valence-corrected chi connectivity index (χ1v) is 46.2. The lowest BCUT2D eigenvalue weighted by Gasteiger charge is -2.21. The van der Waals surface area contributed by atoms with Crippen LogP contribution in [0.4, 0.5) is 0 Å². The van der Waals surface area contributed by atoms with Crippen molar-refractivity contribution in [1.29, 1.82) is 0 Å². The van der Waals surface area contributed by atoms with E-state index in [4.69, 9.17) is 37.0 Å². The molecule has 0 aromatic carbocycles. The van der Waals surface area contributed by atoms with Crippen molar-refractivity contribution in [2.45, 2.75) is 453 Å². The Morgan fingerprint density at radius 1 is 0.243 bits per heavy atom. The topological polar surface area (TPSA) is 237 Å². The minimum atomic E-state index is -4.96. The highest BCUT2D eigenvalue weighted by Gasteiger charge is 2.30. The minimum Gasteiger partial charge on any atom is -0.462 e. The number of carbonyl (C=O) groups is 4. The second-order valence-corrected chi connectivity index (χ2v) is 35.0. The van der Waals surface area contributed by atoms with E-state index in [0.717, 1.165) is 114 Å². The lowest BCUT2D eigenvalue weighted by molar-refractivity contribution is -0.161. The van der Waals surface area contributed by atoms with Gasteiger partial charge in [-0.2, -0.15) is 0 Å². The predicted molar refractivity (Wildman–Crippen MR) is 423 cm³/mol.